The van der Waals surface area contributed by atoms with E-state index < -0.39 is 17.3 Å². The van der Waals surface area contributed by atoms with E-state index in [0.717, 1.165) is 18.5 Å². The highest BCUT2D eigenvalue weighted by molar-refractivity contribution is 6.07. The molecule has 1 fully saturated rings. The van der Waals surface area contributed by atoms with E-state index in [9.17, 15) is 9.59 Å². The van der Waals surface area contributed by atoms with Gasteiger partial charge in [-0.2, -0.15) is 5.10 Å². The lowest BCUT2D eigenvalue weighted by Gasteiger charge is -2.17. The lowest BCUT2D eigenvalue weighted by atomic mass is 9.92. The highest BCUT2D eigenvalue weighted by Gasteiger charge is 2.36. The maximum Gasteiger partial charge on any atom is 0.318 e. The molecule has 21 heavy (non-hydrogen) atoms. The van der Waals surface area contributed by atoms with Crippen molar-refractivity contribution in [3.63, 3.8) is 0 Å². The summed E-state index contributed by atoms with van der Waals surface area (Å²) in [5.74, 6) is -0.861. The number of carbonyl (C=O) groups is 2. The standard InChI is InChI=1S/C15H23N3O3/c1-15(2,14(20)21)13(19)16-12-9-11(17-18-12)10-7-5-3-4-6-8-10/h9-10H,3-8H2,1-2H3,(H,20,21)(H2,16,17,18,19). The lowest BCUT2D eigenvalue weighted by molar-refractivity contribution is -0.151. The van der Waals surface area contributed by atoms with E-state index in [1.165, 1.54) is 39.5 Å². The first kappa shape index (κ1) is 15.5. The van der Waals surface area contributed by atoms with E-state index in [-0.39, 0.29) is 0 Å². The summed E-state index contributed by atoms with van der Waals surface area (Å²) in [5.41, 5.74) is -0.443. The van der Waals surface area contributed by atoms with E-state index in [1.807, 2.05) is 6.07 Å². The van der Waals surface area contributed by atoms with Crippen LogP contribution in [0.2, 0.25) is 0 Å². The van der Waals surface area contributed by atoms with Gasteiger partial charge in [-0.25, -0.2) is 0 Å². The zero-order valence-corrected chi connectivity index (χ0v) is 12.6. The first-order chi connectivity index (χ1) is 9.91. The van der Waals surface area contributed by atoms with Crippen molar-refractivity contribution in [2.75, 3.05) is 5.32 Å². The van der Waals surface area contributed by atoms with Gasteiger partial charge >= 0.3 is 5.97 Å². The van der Waals surface area contributed by atoms with Crippen LogP contribution in [0.1, 0.15) is 64.0 Å². The Morgan fingerprint density at radius 2 is 1.90 bits per heavy atom. The number of carboxylic acid groups (broad SMARTS) is 1. The number of hydrogen-bond acceptors (Lipinski definition) is 3. The molecule has 1 saturated carbocycles. The maximum absolute atomic E-state index is 12.0. The molecular formula is C15H23N3O3. The van der Waals surface area contributed by atoms with Gasteiger partial charge in [0.15, 0.2) is 5.82 Å². The van der Waals surface area contributed by atoms with E-state index in [1.54, 1.807) is 0 Å². The first-order valence-electron chi connectivity index (χ1n) is 7.51. The Balaban J connectivity index is 2.03. The lowest BCUT2D eigenvalue weighted by Crippen LogP contribution is -2.37. The summed E-state index contributed by atoms with van der Waals surface area (Å²) in [6, 6.07) is 1.83. The molecule has 0 atom stereocenters. The average molecular weight is 293 g/mol. The van der Waals surface area contributed by atoms with E-state index in [0.29, 0.717) is 11.7 Å². The van der Waals surface area contributed by atoms with Crippen LogP contribution < -0.4 is 5.32 Å². The number of rotatable bonds is 4. The van der Waals surface area contributed by atoms with Crippen LogP contribution in [0, 0.1) is 5.41 Å². The van der Waals surface area contributed by atoms with Crippen LogP contribution in [0.3, 0.4) is 0 Å². The van der Waals surface area contributed by atoms with Gasteiger partial charge in [0.25, 0.3) is 0 Å². The molecule has 116 valence electrons. The number of anilines is 1. The van der Waals surface area contributed by atoms with Gasteiger partial charge in [0, 0.05) is 17.7 Å². The number of hydrogen-bond donors (Lipinski definition) is 3. The molecule has 0 unspecified atom stereocenters. The third-order valence-corrected chi connectivity index (χ3v) is 4.24. The molecule has 1 aliphatic carbocycles. The fraction of sp³-hybridized carbons (Fsp3) is 0.667. The first-order valence-corrected chi connectivity index (χ1v) is 7.51. The molecule has 0 aliphatic heterocycles. The summed E-state index contributed by atoms with van der Waals surface area (Å²) in [6.45, 7) is 2.76. The molecule has 0 saturated heterocycles. The van der Waals surface area contributed by atoms with Crippen molar-refractivity contribution < 1.29 is 14.7 Å². The molecule has 1 aliphatic rings. The van der Waals surface area contributed by atoms with Gasteiger partial charge in [-0.3, -0.25) is 14.7 Å². The number of aliphatic carboxylic acids is 1. The van der Waals surface area contributed by atoms with Crippen LogP contribution in [0.15, 0.2) is 6.07 Å². The highest BCUT2D eigenvalue weighted by atomic mass is 16.4. The van der Waals surface area contributed by atoms with E-state index in [4.69, 9.17) is 5.11 Å². The molecule has 3 N–H and O–H groups in total. The van der Waals surface area contributed by atoms with Crippen molar-refractivity contribution in [2.24, 2.45) is 5.41 Å². The predicted molar refractivity (Wildman–Crippen MR) is 79.1 cm³/mol. The third-order valence-electron chi connectivity index (χ3n) is 4.24. The Morgan fingerprint density at radius 1 is 1.29 bits per heavy atom. The molecule has 1 amide bonds. The second-order valence-corrected chi connectivity index (χ2v) is 6.28. The quantitative estimate of drug-likeness (QED) is 0.587. The second kappa shape index (κ2) is 6.28. The number of carbonyl (C=O) groups excluding carboxylic acids is 1. The zero-order chi connectivity index (χ0) is 15.5. The molecule has 2 rings (SSSR count). The Labute approximate surface area is 124 Å². The van der Waals surface area contributed by atoms with Crippen molar-refractivity contribution in [3.05, 3.63) is 11.8 Å². The van der Waals surface area contributed by atoms with Crippen molar-refractivity contribution in [1.82, 2.24) is 10.2 Å². The Bertz CT molecular complexity index is 514. The SMILES string of the molecule is CC(C)(C(=O)O)C(=O)Nc1cc(C2CCCCCC2)[nH]n1. The van der Waals surface area contributed by atoms with E-state index in [2.05, 4.69) is 15.5 Å². The topological polar surface area (TPSA) is 95.1 Å². The Hall–Kier alpha value is -1.85. The molecule has 1 aromatic rings. The monoisotopic (exact) mass is 293 g/mol. The summed E-state index contributed by atoms with van der Waals surface area (Å²) >= 11 is 0. The summed E-state index contributed by atoms with van der Waals surface area (Å²) in [7, 11) is 0. The number of carboxylic acids is 1. The maximum atomic E-state index is 12.0. The third kappa shape index (κ3) is 3.62. The largest absolute Gasteiger partial charge is 0.480 e. The molecule has 0 aromatic carbocycles. The molecule has 6 nitrogen and oxygen atoms in total. The number of aromatic nitrogens is 2. The van der Waals surface area contributed by atoms with Crippen LogP contribution in [0.4, 0.5) is 5.82 Å². The fourth-order valence-electron chi connectivity index (χ4n) is 2.57. The van der Waals surface area contributed by atoms with Gasteiger partial charge in [-0.05, 0) is 26.7 Å². The van der Waals surface area contributed by atoms with Crippen molar-refractivity contribution in [2.45, 2.75) is 58.3 Å². The predicted octanol–water partition coefficient (Wildman–Crippen LogP) is 2.90. The van der Waals surface area contributed by atoms with Gasteiger partial charge in [0.05, 0.1) is 0 Å². The molecule has 1 heterocycles. The molecule has 0 radical (unpaired) electrons. The van der Waals surface area contributed by atoms with Crippen LogP contribution in [-0.4, -0.2) is 27.2 Å². The van der Waals surface area contributed by atoms with Gasteiger partial charge in [0.1, 0.15) is 5.41 Å². The second-order valence-electron chi connectivity index (χ2n) is 6.28. The summed E-state index contributed by atoms with van der Waals surface area (Å²) < 4.78 is 0. The van der Waals surface area contributed by atoms with E-state index >= 15 is 0 Å². The number of aromatic amines is 1. The van der Waals surface area contributed by atoms with Crippen LogP contribution in [-0.2, 0) is 9.59 Å². The molecular weight excluding hydrogens is 270 g/mol. The van der Waals surface area contributed by atoms with Gasteiger partial charge in [0.2, 0.25) is 5.91 Å². The van der Waals surface area contributed by atoms with Gasteiger partial charge in [-0.15, -0.1) is 0 Å². The Morgan fingerprint density at radius 3 is 2.48 bits per heavy atom. The summed E-state index contributed by atoms with van der Waals surface area (Å²) in [6.07, 6.45) is 7.27. The van der Waals surface area contributed by atoms with Crippen molar-refractivity contribution in [3.8, 4) is 0 Å². The van der Waals surface area contributed by atoms with Crippen LogP contribution >= 0.6 is 0 Å². The smallest absolute Gasteiger partial charge is 0.318 e. The zero-order valence-electron chi connectivity index (χ0n) is 12.6. The minimum Gasteiger partial charge on any atom is -0.480 e. The van der Waals surface area contributed by atoms with Crippen LogP contribution in [0.25, 0.3) is 0 Å². The highest BCUT2D eigenvalue weighted by Crippen LogP contribution is 2.31. The molecule has 0 spiro atoms. The van der Waals surface area contributed by atoms with Gasteiger partial charge in [-0.1, -0.05) is 25.7 Å². The van der Waals surface area contributed by atoms with Crippen LogP contribution in [0.5, 0.6) is 0 Å². The Kier molecular flexibility index (Phi) is 4.65. The number of nitrogens with zero attached hydrogens (tertiary/aromatic N) is 1. The number of nitrogens with one attached hydrogen (secondary N) is 2. The normalized spacial score (nSPS) is 17.2. The number of H-pyrrole nitrogens is 1. The van der Waals surface area contributed by atoms with Crippen molar-refractivity contribution >= 4 is 17.7 Å². The van der Waals surface area contributed by atoms with Gasteiger partial charge < -0.3 is 10.4 Å². The minimum absolute atomic E-state index is 0.397. The number of amides is 1. The average Bonchev–Trinajstić information content (AvgIpc) is 2.72. The fourth-order valence-corrected chi connectivity index (χ4v) is 2.57. The molecule has 6 heteroatoms. The van der Waals surface area contributed by atoms with Crippen molar-refractivity contribution in [1.29, 1.82) is 0 Å². The molecule has 1 aromatic heterocycles. The summed E-state index contributed by atoms with van der Waals surface area (Å²) in [5, 5.41) is 18.7. The molecule has 0 bridgehead atoms. The summed E-state index contributed by atoms with van der Waals surface area (Å²) in [4.78, 5) is 23.0. The minimum atomic E-state index is -1.47.